The molecule has 9 heteroatoms. The number of thioether (sulfide) groups is 1. The second-order valence-corrected chi connectivity index (χ2v) is 7.92. The first-order chi connectivity index (χ1) is 13.1. The number of tetrazole rings is 1. The normalized spacial score (nSPS) is 15.9. The Kier molecular flexibility index (Phi) is 6.80. The van der Waals surface area contributed by atoms with E-state index in [1.54, 1.807) is 6.92 Å². The van der Waals surface area contributed by atoms with Gasteiger partial charge in [0.2, 0.25) is 11.1 Å². The van der Waals surface area contributed by atoms with Crippen molar-refractivity contribution in [2.45, 2.75) is 62.0 Å². The van der Waals surface area contributed by atoms with Crippen molar-refractivity contribution >= 4 is 23.7 Å². The topological polar surface area (TPSA) is 102 Å². The number of hydrogen-bond acceptors (Lipinski definition) is 6. The van der Waals surface area contributed by atoms with Gasteiger partial charge in [-0.3, -0.25) is 10.1 Å². The SMILES string of the molecule is CC(Sc1nnnn1C1CCCCC1)C(=O)NC(=O)NCc1ccccc1. The molecular weight excluding hydrogens is 364 g/mol. The second-order valence-electron chi connectivity index (χ2n) is 6.62. The Morgan fingerprint density at radius 3 is 2.70 bits per heavy atom. The molecule has 1 aliphatic carbocycles. The Labute approximate surface area is 162 Å². The van der Waals surface area contributed by atoms with Gasteiger partial charge in [-0.1, -0.05) is 61.4 Å². The molecule has 3 rings (SSSR count). The Balaban J connectivity index is 1.49. The number of imide groups is 1. The number of amides is 3. The average Bonchev–Trinajstić information content (AvgIpc) is 3.16. The number of nitrogens with zero attached hydrogens (tertiary/aromatic N) is 4. The van der Waals surface area contributed by atoms with E-state index in [1.807, 2.05) is 35.0 Å². The minimum atomic E-state index is -0.511. The fourth-order valence-electron chi connectivity index (χ4n) is 3.07. The molecule has 2 N–H and O–H groups in total. The number of rotatable bonds is 6. The zero-order valence-corrected chi connectivity index (χ0v) is 16.1. The van der Waals surface area contributed by atoms with E-state index >= 15 is 0 Å². The molecule has 1 heterocycles. The first-order valence-electron chi connectivity index (χ1n) is 9.20. The van der Waals surface area contributed by atoms with Crippen LogP contribution in [0.4, 0.5) is 4.79 Å². The maximum absolute atomic E-state index is 12.3. The average molecular weight is 388 g/mol. The third kappa shape index (κ3) is 5.53. The fraction of sp³-hybridized carbons (Fsp3) is 0.500. The molecule has 1 saturated carbocycles. The summed E-state index contributed by atoms with van der Waals surface area (Å²) in [7, 11) is 0. The largest absolute Gasteiger partial charge is 0.334 e. The fourth-order valence-corrected chi connectivity index (χ4v) is 3.92. The third-order valence-corrected chi connectivity index (χ3v) is 5.61. The molecule has 0 spiro atoms. The summed E-state index contributed by atoms with van der Waals surface area (Å²) in [6.45, 7) is 2.10. The minimum absolute atomic E-state index is 0.292. The summed E-state index contributed by atoms with van der Waals surface area (Å²) >= 11 is 1.27. The monoisotopic (exact) mass is 388 g/mol. The maximum atomic E-state index is 12.3. The second kappa shape index (κ2) is 9.50. The molecule has 0 aliphatic heterocycles. The first-order valence-corrected chi connectivity index (χ1v) is 10.1. The molecule has 0 bridgehead atoms. The Morgan fingerprint density at radius 2 is 1.96 bits per heavy atom. The highest BCUT2D eigenvalue weighted by Crippen LogP contribution is 2.31. The molecular formula is C18H24N6O2S. The van der Waals surface area contributed by atoms with Crippen LogP contribution in [-0.4, -0.2) is 37.4 Å². The summed E-state index contributed by atoms with van der Waals surface area (Å²) < 4.78 is 1.82. The molecule has 1 aromatic heterocycles. The van der Waals surface area contributed by atoms with Crippen molar-refractivity contribution in [2.75, 3.05) is 0 Å². The van der Waals surface area contributed by atoms with E-state index in [0.29, 0.717) is 17.7 Å². The molecule has 1 atom stereocenters. The van der Waals surface area contributed by atoms with Gasteiger partial charge in [0.15, 0.2) is 0 Å². The van der Waals surface area contributed by atoms with E-state index in [1.165, 1.54) is 31.0 Å². The molecule has 27 heavy (non-hydrogen) atoms. The zero-order chi connectivity index (χ0) is 19.1. The lowest BCUT2D eigenvalue weighted by molar-refractivity contribution is -0.119. The zero-order valence-electron chi connectivity index (χ0n) is 15.3. The van der Waals surface area contributed by atoms with Gasteiger partial charge >= 0.3 is 6.03 Å². The minimum Gasteiger partial charge on any atom is -0.334 e. The van der Waals surface area contributed by atoms with Crippen molar-refractivity contribution < 1.29 is 9.59 Å². The Bertz CT molecular complexity index is 760. The highest BCUT2D eigenvalue weighted by Gasteiger charge is 2.24. The van der Waals surface area contributed by atoms with Gasteiger partial charge in [0, 0.05) is 6.54 Å². The van der Waals surface area contributed by atoms with Crippen LogP contribution in [0.1, 0.15) is 50.6 Å². The van der Waals surface area contributed by atoms with Gasteiger partial charge in [-0.25, -0.2) is 9.48 Å². The van der Waals surface area contributed by atoms with Crippen LogP contribution in [0.25, 0.3) is 0 Å². The van der Waals surface area contributed by atoms with Crippen molar-refractivity contribution in [1.29, 1.82) is 0 Å². The molecule has 1 aliphatic rings. The van der Waals surface area contributed by atoms with Crippen LogP contribution < -0.4 is 10.6 Å². The summed E-state index contributed by atoms with van der Waals surface area (Å²) in [5, 5.41) is 17.1. The predicted octanol–water partition coefficient (Wildman–Crippen LogP) is 2.68. The predicted molar refractivity (Wildman–Crippen MR) is 102 cm³/mol. The van der Waals surface area contributed by atoms with Gasteiger partial charge in [0.1, 0.15) is 0 Å². The first kappa shape index (κ1) is 19.3. The van der Waals surface area contributed by atoms with Gasteiger partial charge in [-0.2, -0.15) is 0 Å². The molecule has 2 aromatic rings. The Morgan fingerprint density at radius 1 is 1.22 bits per heavy atom. The van der Waals surface area contributed by atoms with Gasteiger partial charge in [0.05, 0.1) is 11.3 Å². The Hall–Kier alpha value is -2.42. The van der Waals surface area contributed by atoms with Crippen molar-refractivity contribution in [3.63, 3.8) is 0 Å². The molecule has 0 saturated heterocycles. The quantitative estimate of drug-likeness (QED) is 0.738. The van der Waals surface area contributed by atoms with Gasteiger partial charge in [-0.05, 0) is 35.8 Å². The highest BCUT2D eigenvalue weighted by molar-refractivity contribution is 8.00. The number of nitrogens with one attached hydrogen (secondary N) is 2. The van der Waals surface area contributed by atoms with Crippen molar-refractivity contribution in [1.82, 2.24) is 30.8 Å². The van der Waals surface area contributed by atoms with E-state index in [9.17, 15) is 9.59 Å². The molecule has 1 fully saturated rings. The molecule has 1 unspecified atom stereocenters. The summed E-state index contributed by atoms with van der Waals surface area (Å²) in [5.41, 5.74) is 0.967. The van der Waals surface area contributed by atoms with Crippen LogP contribution >= 0.6 is 11.8 Å². The van der Waals surface area contributed by atoms with E-state index in [2.05, 4.69) is 26.2 Å². The van der Waals surface area contributed by atoms with E-state index in [0.717, 1.165) is 18.4 Å². The lowest BCUT2D eigenvalue weighted by Crippen LogP contribution is -2.42. The molecule has 1 aromatic carbocycles. The summed E-state index contributed by atoms with van der Waals surface area (Å²) in [6, 6.07) is 9.30. The lowest BCUT2D eigenvalue weighted by atomic mass is 9.96. The van der Waals surface area contributed by atoms with Crippen LogP contribution in [-0.2, 0) is 11.3 Å². The van der Waals surface area contributed by atoms with Crippen LogP contribution in [0.15, 0.2) is 35.5 Å². The van der Waals surface area contributed by atoms with Gasteiger partial charge in [-0.15, -0.1) is 5.10 Å². The van der Waals surface area contributed by atoms with Crippen molar-refractivity contribution in [3.05, 3.63) is 35.9 Å². The van der Waals surface area contributed by atoms with Crippen LogP contribution in [0.3, 0.4) is 0 Å². The molecule has 8 nitrogen and oxygen atoms in total. The summed E-state index contributed by atoms with van der Waals surface area (Å²) in [6.07, 6.45) is 5.71. The smallest absolute Gasteiger partial charge is 0.321 e. The van der Waals surface area contributed by atoms with E-state index in [-0.39, 0.29) is 5.91 Å². The molecule has 3 amide bonds. The van der Waals surface area contributed by atoms with Gasteiger partial charge in [0.25, 0.3) is 0 Å². The van der Waals surface area contributed by atoms with E-state index < -0.39 is 11.3 Å². The molecule has 0 radical (unpaired) electrons. The van der Waals surface area contributed by atoms with Crippen molar-refractivity contribution in [2.24, 2.45) is 0 Å². The number of urea groups is 1. The number of aromatic nitrogens is 4. The number of carbonyl (C=O) groups excluding carboxylic acids is 2. The van der Waals surface area contributed by atoms with Crippen LogP contribution in [0.2, 0.25) is 0 Å². The summed E-state index contributed by atoms with van der Waals surface area (Å²) in [4.78, 5) is 24.3. The lowest BCUT2D eigenvalue weighted by Gasteiger charge is -2.22. The standard InChI is InChI=1S/C18H24N6O2S/c1-13(16(25)20-17(26)19-12-14-8-4-2-5-9-14)27-18-21-22-23-24(18)15-10-6-3-7-11-15/h2,4-5,8-9,13,15H,3,6-7,10-12H2,1H3,(H2,19,20,25,26). The van der Waals surface area contributed by atoms with Crippen molar-refractivity contribution in [3.8, 4) is 0 Å². The number of hydrogen-bond donors (Lipinski definition) is 2. The van der Waals surface area contributed by atoms with Gasteiger partial charge < -0.3 is 5.32 Å². The number of benzene rings is 1. The van der Waals surface area contributed by atoms with Crippen LogP contribution in [0.5, 0.6) is 0 Å². The summed E-state index contributed by atoms with van der Waals surface area (Å²) in [5.74, 6) is -0.372. The highest BCUT2D eigenvalue weighted by atomic mass is 32.2. The molecule has 144 valence electrons. The van der Waals surface area contributed by atoms with E-state index in [4.69, 9.17) is 0 Å². The maximum Gasteiger partial charge on any atom is 0.321 e. The van der Waals surface area contributed by atoms with Crippen LogP contribution in [0, 0.1) is 0 Å². The number of carbonyl (C=O) groups is 2. The third-order valence-electron chi connectivity index (χ3n) is 4.57.